The maximum absolute atomic E-state index is 6.08. The van der Waals surface area contributed by atoms with Crippen molar-refractivity contribution in [2.24, 2.45) is 0 Å². The molecule has 3 nitrogen and oxygen atoms in total. The molecular weight excluding hydrogens is 188 g/mol. The van der Waals surface area contributed by atoms with Crippen LogP contribution in [0.25, 0.3) is 10.9 Å². The van der Waals surface area contributed by atoms with Gasteiger partial charge in [0.05, 0.1) is 11.2 Å². The van der Waals surface area contributed by atoms with E-state index in [0.29, 0.717) is 0 Å². The third-order valence-electron chi connectivity index (χ3n) is 2.91. The van der Waals surface area contributed by atoms with Gasteiger partial charge in [-0.25, -0.2) is 0 Å². The molecule has 0 bridgehead atoms. The molecule has 0 fully saturated rings. The number of nitrogens with two attached hydrogens (primary N) is 1. The monoisotopic (exact) mass is 202 g/mol. The van der Waals surface area contributed by atoms with E-state index in [1.54, 1.807) is 0 Å². The number of ether oxygens (including phenoxy) is 1. The maximum Gasteiger partial charge on any atom is 0.148 e. The minimum atomic E-state index is -0.130. The van der Waals surface area contributed by atoms with E-state index < -0.39 is 0 Å². The number of benzene rings is 1. The Balaban J connectivity index is 2.30. The summed E-state index contributed by atoms with van der Waals surface area (Å²) in [7, 11) is 0. The van der Waals surface area contributed by atoms with Crippen molar-refractivity contribution in [2.45, 2.75) is 25.9 Å². The maximum atomic E-state index is 6.08. The van der Waals surface area contributed by atoms with Gasteiger partial charge in [-0.1, -0.05) is 0 Å². The molecule has 0 spiro atoms. The van der Waals surface area contributed by atoms with Crippen LogP contribution in [0.1, 0.15) is 19.4 Å². The number of anilines is 1. The lowest BCUT2D eigenvalue weighted by Crippen LogP contribution is -2.24. The van der Waals surface area contributed by atoms with Crippen LogP contribution in [0.3, 0.4) is 0 Å². The Kier molecular flexibility index (Phi) is 1.43. The van der Waals surface area contributed by atoms with Gasteiger partial charge in [0.15, 0.2) is 0 Å². The quantitative estimate of drug-likeness (QED) is 0.645. The molecule has 3 N–H and O–H groups in total. The lowest BCUT2D eigenvalue weighted by Gasteiger charge is -2.17. The van der Waals surface area contributed by atoms with Gasteiger partial charge in [0.1, 0.15) is 11.4 Å². The lowest BCUT2D eigenvalue weighted by molar-refractivity contribution is 0.139. The van der Waals surface area contributed by atoms with Gasteiger partial charge >= 0.3 is 0 Å². The van der Waals surface area contributed by atoms with Gasteiger partial charge < -0.3 is 15.5 Å². The van der Waals surface area contributed by atoms with Crippen LogP contribution in [0.4, 0.5) is 5.69 Å². The number of rotatable bonds is 0. The molecule has 3 rings (SSSR count). The number of aromatic nitrogens is 1. The average Bonchev–Trinajstić information content (AvgIpc) is 2.68. The number of aromatic amines is 1. The standard InChI is InChI=1S/C12H14N2O/c1-12(2)6-8-5-7-3-4-14-10(7)9(13)11(8)15-12/h3-5,14H,6,13H2,1-2H3. The summed E-state index contributed by atoms with van der Waals surface area (Å²) in [6.07, 6.45) is 2.83. The highest BCUT2D eigenvalue weighted by atomic mass is 16.5. The van der Waals surface area contributed by atoms with Crippen LogP contribution in [-0.2, 0) is 6.42 Å². The molecule has 0 unspecified atom stereocenters. The first-order valence-electron chi connectivity index (χ1n) is 5.14. The van der Waals surface area contributed by atoms with Gasteiger partial charge in [0, 0.05) is 23.6 Å². The largest absolute Gasteiger partial charge is 0.485 e. The fourth-order valence-electron chi connectivity index (χ4n) is 2.30. The van der Waals surface area contributed by atoms with Crippen LogP contribution in [0.15, 0.2) is 18.3 Å². The number of fused-ring (bicyclic) bond motifs is 2. The molecular formula is C12H14N2O. The number of hydrogen-bond acceptors (Lipinski definition) is 2. The van der Waals surface area contributed by atoms with E-state index in [0.717, 1.165) is 28.8 Å². The number of nitrogens with one attached hydrogen (secondary N) is 1. The summed E-state index contributed by atoms with van der Waals surface area (Å²) >= 11 is 0. The predicted octanol–water partition coefficient (Wildman–Crippen LogP) is 2.46. The molecule has 2 aromatic rings. The Hall–Kier alpha value is -1.64. The zero-order chi connectivity index (χ0) is 10.6. The van der Waals surface area contributed by atoms with E-state index in [2.05, 4.69) is 24.9 Å². The Morgan fingerprint density at radius 3 is 3.07 bits per heavy atom. The molecule has 1 aromatic carbocycles. The van der Waals surface area contributed by atoms with Crippen molar-refractivity contribution < 1.29 is 4.74 Å². The molecule has 1 aromatic heterocycles. The first kappa shape index (κ1) is 8.65. The highest BCUT2D eigenvalue weighted by Gasteiger charge is 2.32. The predicted molar refractivity (Wildman–Crippen MR) is 61.1 cm³/mol. The third kappa shape index (κ3) is 1.12. The van der Waals surface area contributed by atoms with Crippen molar-refractivity contribution in [1.29, 1.82) is 0 Å². The van der Waals surface area contributed by atoms with Gasteiger partial charge in [-0.05, 0) is 26.0 Å². The summed E-state index contributed by atoms with van der Waals surface area (Å²) in [5.74, 6) is 0.856. The average molecular weight is 202 g/mol. The number of H-pyrrole nitrogens is 1. The minimum Gasteiger partial charge on any atom is -0.485 e. The molecule has 0 aliphatic carbocycles. The SMILES string of the molecule is CC1(C)Cc2cc3cc[nH]c3c(N)c2O1. The highest BCUT2D eigenvalue weighted by molar-refractivity contribution is 5.94. The summed E-state index contributed by atoms with van der Waals surface area (Å²) < 4.78 is 5.86. The second kappa shape index (κ2) is 2.48. The van der Waals surface area contributed by atoms with Crippen molar-refractivity contribution in [3.63, 3.8) is 0 Å². The normalized spacial score (nSPS) is 17.7. The van der Waals surface area contributed by atoms with Crippen LogP contribution in [-0.4, -0.2) is 10.6 Å². The molecule has 78 valence electrons. The van der Waals surface area contributed by atoms with E-state index in [1.165, 1.54) is 5.56 Å². The van der Waals surface area contributed by atoms with E-state index in [-0.39, 0.29) is 5.60 Å². The second-order valence-corrected chi connectivity index (χ2v) is 4.76. The molecule has 0 radical (unpaired) electrons. The van der Waals surface area contributed by atoms with Gasteiger partial charge in [0.2, 0.25) is 0 Å². The Morgan fingerprint density at radius 2 is 2.27 bits per heavy atom. The van der Waals surface area contributed by atoms with Crippen LogP contribution < -0.4 is 10.5 Å². The first-order valence-corrected chi connectivity index (χ1v) is 5.14. The Morgan fingerprint density at radius 1 is 1.47 bits per heavy atom. The molecule has 0 atom stereocenters. The third-order valence-corrected chi connectivity index (χ3v) is 2.91. The highest BCUT2D eigenvalue weighted by Crippen LogP contribution is 2.42. The van der Waals surface area contributed by atoms with E-state index >= 15 is 0 Å². The molecule has 2 heterocycles. The van der Waals surface area contributed by atoms with Crippen molar-refractivity contribution in [2.75, 3.05) is 5.73 Å². The summed E-state index contributed by atoms with van der Waals surface area (Å²) in [4.78, 5) is 3.14. The van der Waals surface area contributed by atoms with Gasteiger partial charge in [-0.2, -0.15) is 0 Å². The van der Waals surface area contributed by atoms with E-state index in [4.69, 9.17) is 10.5 Å². The van der Waals surface area contributed by atoms with Gasteiger partial charge in [-0.3, -0.25) is 0 Å². The summed E-state index contributed by atoms with van der Waals surface area (Å²) in [6.45, 7) is 4.17. The van der Waals surface area contributed by atoms with Crippen LogP contribution in [0.2, 0.25) is 0 Å². The zero-order valence-corrected chi connectivity index (χ0v) is 8.92. The van der Waals surface area contributed by atoms with Crippen molar-refractivity contribution in [3.05, 3.63) is 23.9 Å². The van der Waals surface area contributed by atoms with Gasteiger partial charge in [-0.15, -0.1) is 0 Å². The molecule has 1 aliphatic heterocycles. The van der Waals surface area contributed by atoms with Crippen molar-refractivity contribution in [1.82, 2.24) is 4.98 Å². The summed E-state index contributed by atoms with van der Waals surface area (Å²) in [5.41, 5.74) is 8.88. The second-order valence-electron chi connectivity index (χ2n) is 4.76. The molecule has 0 saturated carbocycles. The topological polar surface area (TPSA) is 51.0 Å². The van der Waals surface area contributed by atoms with Crippen molar-refractivity contribution >= 4 is 16.6 Å². The zero-order valence-electron chi connectivity index (χ0n) is 8.92. The fourth-order valence-corrected chi connectivity index (χ4v) is 2.30. The molecule has 15 heavy (non-hydrogen) atoms. The van der Waals surface area contributed by atoms with Crippen LogP contribution >= 0.6 is 0 Å². The Bertz CT molecular complexity index is 540. The smallest absolute Gasteiger partial charge is 0.148 e. The van der Waals surface area contributed by atoms with E-state index in [9.17, 15) is 0 Å². The fraction of sp³-hybridized carbons (Fsp3) is 0.333. The van der Waals surface area contributed by atoms with Crippen LogP contribution in [0.5, 0.6) is 5.75 Å². The Labute approximate surface area is 88.2 Å². The van der Waals surface area contributed by atoms with Crippen LogP contribution in [0, 0.1) is 0 Å². The van der Waals surface area contributed by atoms with Gasteiger partial charge in [0.25, 0.3) is 0 Å². The molecule has 0 amide bonds. The number of nitrogen functional groups attached to an aromatic ring is 1. The van der Waals surface area contributed by atoms with E-state index in [1.807, 2.05) is 12.3 Å². The lowest BCUT2D eigenvalue weighted by atomic mass is 10.0. The molecule has 0 saturated heterocycles. The minimum absolute atomic E-state index is 0.130. The molecule has 1 aliphatic rings. The molecule has 3 heteroatoms. The van der Waals surface area contributed by atoms with Crippen molar-refractivity contribution in [3.8, 4) is 5.75 Å². The number of hydrogen-bond donors (Lipinski definition) is 2. The summed E-state index contributed by atoms with van der Waals surface area (Å²) in [6, 6.07) is 4.20. The summed E-state index contributed by atoms with van der Waals surface area (Å²) in [5, 5.41) is 1.16. The first-order chi connectivity index (χ1) is 7.07.